The van der Waals surface area contributed by atoms with Gasteiger partial charge in [0.15, 0.2) is 0 Å². The molecule has 0 atom stereocenters. The van der Waals surface area contributed by atoms with Crippen molar-refractivity contribution in [3.05, 3.63) is 82.5 Å². The number of esters is 2. The Kier molecular flexibility index (Phi) is 5.40. The lowest BCUT2D eigenvalue weighted by Gasteiger charge is -2.06. The van der Waals surface area contributed by atoms with Crippen molar-refractivity contribution in [3.8, 4) is 11.3 Å². The maximum Gasteiger partial charge on any atom is 0.341 e. The Morgan fingerprint density at radius 2 is 1.46 bits per heavy atom. The fourth-order valence-electron chi connectivity index (χ4n) is 3.03. The van der Waals surface area contributed by atoms with Crippen LogP contribution in [0.4, 0.5) is 0 Å². The standard InChI is InChI=1S/C22H19NO5/c1-13-8-7-11-15(12-13)20(24)19-17(22(26)28-3)16(21(25)27-2)18(23-19)14-9-5-4-6-10-14/h4-12,23H,1-3H3. The van der Waals surface area contributed by atoms with Gasteiger partial charge in [-0.25, -0.2) is 9.59 Å². The molecule has 0 aliphatic rings. The van der Waals surface area contributed by atoms with Gasteiger partial charge in [-0.05, 0) is 18.6 Å². The second kappa shape index (κ2) is 7.92. The van der Waals surface area contributed by atoms with Gasteiger partial charge in [0.2, 0.25) is 5.78 Å². The summed E-state index contributed by atoms with van der Waals surface area (Å²) >= 11 is 0. The largest absolute Gasteiger partial charge is 0.465 e. The van der Waals surface area contributed by atoms with Gasteiger partial charge in [-0.2, -0.15) is 0 Å². The molecule has 1 aromatic heterocycles. The summed E-state index contributed by atoms with van der Waals surface area (Å²) in [5.74, 6) is -1.95. The predicted octanol–water partition coefficient (Wildman–Crippen LogP) is 3.79. The van der Waals surface area contributed by atoms with Gasteiger partial charge in [0.1, 0.15) is 16.8 Å². The Bertz CT molecular complexity index is 1050. The van der Waals surface area contributed by atoms with E-state index in [1.54, 1.807) is 42.5 Å². The summed E-state index contributed by atoms with van der Waals surface area (Å²) < 4.78 is 9.73. The molecule has 0 bridgehead atoms. The molecule has 0 amide bonds. The second-order valence-corrected chi connectivity index (χ2v) is 6.17. The van der Waals surface area contributed by atoms with Crippen LogP contribution < -0.4 is 0 Å². The van der Waals surface area contributed by atoms with Crippen LogP contribution >= 0.6 is 0 Å². The van der Waals surface area contributed by atoms with E-state index in [-0.39, 0.29) is 16.8 Å². The maximum atomic E-state index is 13.2. The van der Waals surface area contributed by atoms with Crippen LogP contribution in [-0.2, 0) is 9.47 Å². The van der Waals surface area contributed by atoms with Gasteiger partial charge in [0, 0.05) is 5.56 Å². The van der Waals surface area contributed by atoms with Crippen molar-refractivity contribution in [2.24, 2.45) is 0 Å². The van der Waals surface area contributed by atoms with Crippen LogP contribution in [0.2, 0.25) is 0 Å². The molecular formula is C22H19NO5. The number of carbonyl (C=O) groups excluding carboxylic acids is 3. The molecule has 1 heterocycles. The molecular weight excluding hydrogens is 358 g/mol. The summed E-state index contributed by atoms with van der Waals surface area (Å²) in [6, 6.07) is 15.9. The van der Waals surface area contributed by atoms with Crippen LogP contribution in [0, 0.1) is 6.92 Å². The highest BCUT2D eigenvalue weighted by Crippen LogP contribution is 2.31. The number of carbonyl (C=O) groups is 3. The van der Waals surface area contributed by atoms with Gasteiger partial charge in [0.25, 0.3) is 0 Å². The molecule has 0 saturated heterocycles. The average Bonchev–Trinajstić information content (AvgIpc) is 3.13. The van der Waals surface area contributed by atoms with Crippen molar-refractivity contribution in [1.82, 2.24) is 4.98 Å². The first kappa shape index (κ1) is 19.1. The number of H-pyrrole nitrogens is 1. The van der Waals surface area contributed by atoms with E-state index in [0.29, 0.717) is 16.8 Å². The Morgan fingerprint density at radius 3 is 2.07 bits per heavy atom. The molecule has 0 unspecified atom stereocenters. The minimum Gasteiger partial charge on any atom is -0.465 e. The highest BCUT2D eigenvalue weighted by Gasteiger charge is 2.32. The number of rotatable bonds is 5. The average molecular weight is 377 g/mol. The molecule has 0 aliphatic carbocycles. The Hall–Kier alpha value is -3.67. The van der Waals surface area contributed by atoms with E-state index in [1.165, 1.54) is 14.2 Å². The SMILES string of the molecule is COC(=O)c1c(C(=O)c2cccc(C)c2)[nH]c(-c2ccccc2)c1C(=O)OC. The van der Waals surface area contributed by atoms with Gasteiger partial charge in [0.05, 0.1) is 19.9 Å². The fourth-order valence-corrected chi connectivity index (χ4v) is 3.03. The summed E-state index contributed by atoms with van der Waals surface area (Å²) in [6.07, 6.45) is 0. The third-order valence-corrected chi connectivity index (χ3v) is 4.35. The van der Waals surface area contributed by atoms with Crippen LogP contribution in [-0.4, -0.2) is 36.9 Å². The number of benzene rings is 2. The van der Waals surface area contributed by atoms with Crippen molar-refractivity contribution in [1.29, 1.82) is 0 Å². The summed E-state index contributed by atoms with van der Waals surface area (Å²) in [5, 5.41) is 0. The first-order chi connectivity index (χ1) is 13.5. The molecule has 0 fully saturated rings. The number of nitrogens with one attached hydrogen (secondary N) is 1. The normalized spacial score (nSPS) is 10.4. The predicted molar refractivity (Wildman–Crippen MR) is 104 cm³/mol. The van der Waals surface area contributed by atoms with E-state index in [9.17, 15) is 14.4 Å². The molecule has 6 nitrogen and oxygen atoms in total. The number of aryl methyl sites for hydroxylation is 1. The number of aromatic amines is 1. The summed E-state index contributed by atoms with van der Waals surface area (Å²) in [4.78, 5) is 41.2. The van der Waals surface area contributed by atoms with Gasteiger partial charge in [-0.1, -0.05) is 54.1 Å². The van der Waals surface area contributed by atoms with E-state index in [0.717, 1.165) is 5.56 Å². The molecule has 0 aliphatic heterocycles. The minimum atomic E-state index is -0.796. The van der Waals surface area contributed by atoms with E-state index >= 15 is 0 Å². The van der Waals surface area contributed by atoms with Gasteiger partial charge in [-0.3, -0.25) is 4.79 Å². The highest BCUT2D eigenvalue weighted by molar-refractivity contribution is 6.19. The number of methoxy groups -OCH3 is 2. The van der Waals surface area contributed by atoms with Crippen molar-refractivity contribution in [3.63, 3.8) is 0 Å². The Balaban J connectivity index is 2.30. The molecule has 6 heteroatoms. The Morgan fingerprint density at radius 1 is 0.821 bits per heavy atom. The third-order valence-electron chi connectivity index (χ3n) is 4.35. The first-order valence-electron chi connectivity index (χ1n) is 8.57. The monoisotopic (exact) mass is 377 g/mol. The summed E-state index contributed by atoms with van der Waals surface area (Å²) in [5.41, 5.74) is 2.06. The van der Waals surface area contributed by atoms with Crippen LogP contribution in [0.25, 0.3) is 11.3 Å². The van der Waals surface area contributed by atoms with Crippen molar-refractivity contribution >= 4 is 17.7 Å². The molecule has 1 N–H and O–H groups in total. The van der Waals surface area contributed by atoms with E-state index < -0.39 is 17.7 Å². The van der Waals surface area contributed by atoms with E-state index in [2.05, 4.69) is 4.98 Å². The quantitative estimate of drug-likeness (QED) is 0.540. The number of aromatic nitrogens is 1. The zero-order valence-electron chi connectivity index (χ0n) is 15.7. The van der Waals surface area contributed by atoms with Crippen molar-refractivity contribution in [2.45, 2.75) is 6.92 Å². The maximum absolute atomic E-state index is 13.2. The molecule has 3 aromatic rings. The van der Waals surface area contributed by atoms with Gasteiger partial charge >= 0.3 is 11.9 Å². The van der Waals surface area contributed by atoms with Crippen molar-refractivity contribution in [2.75, 3.05) is 14.2 Å². The zero-order valence-corrected chi connectivity index (χ0v) is 15.7. The lowest BCUT2D eigenvalue weighted by atomic mass is 10.00. The third kappa shape index (κ3) is 3.44. The number of ketones is 1. The lowest BCUT2D eigenvalue weighted by Crippen LogP contribution is -2.14. The number of ether oxygens (including phenoxy) is 2. The molecule has 2 aromatic carbocycles. The lowest BCUT2D eigenvalue weighted by molar-refractivity contribution is 0.0556. The van der Waals surface area contributed by atoms with Crippen LogP contribution in [0.5, 0.6) is 0 Å². The molecule has 0 spiro atoms. The van der Waals surface area contributed by atoms with Crippen molar-refractivity contribution < 1.29 is 23.9 Å². The zero-order chi connectivity index (χ0) is 20.3. The summed E-state index contributed by atoms with van der Waals surface area (Å²) in [7, 11) is 2.41. The molecule has 28 heavy (non-hydrogen) atoms. The molecule has 3 rings (SSSR count). The topological polar surface area (TPSA) is 85.5 Å². The number of hydrogen-bond donors (Lipinski definition) is 1. The number of hydrogen-bond acceptors (Lipinski definition) is 5. The van der Waals surface area contributed by atoms with Crippen LogP contribution in [0.3, 0.4) is 0 Å². The van der Waals surface area contributed by atoms with E-state index in [1.807, 2.05) is 19.1 Å². The summed E-state index contributed by atoms with van der Waals surface area (Å²) in [6.45, 7) is 1.86. The fraction of sp³-hybridized carbons (Fsp3) is 0.136. The molecule has 0 radical (unpaired) electrons. The first-order valence-corrected chi connectivity index (χ1v) is 8.57. The minimum absolute atomic E-state index is 0.0169. The second-order valence-electron chi connectivity index (χ2n) is 6.17. The van der Waals surface area contributed by atoms with Crippen LogP contribution in [0.15, 0.2) is 54.6 Å². The highest BCUT2D eigenvalue weighted by atomic mass is 16.5. The molecule has 142 valence electrons. The smallest absolute Gasteiger partial charge is 0.341 e. The van der Waals surface area contributed by atoms with E-state index in [4.69, 9.17) is 9.47 Å². The van der Waals surface area contributed by atoms with Gasteiger partial charge < -0.3 is 14.5 Å². The van der Waals surface area contributed by atoms with Gasteiger partial charge in [-0.15, -0.1) is 0 Å². The molecule has 0 saturated carbocycles. The van der Waals surface area contributed by atoms with Crippen LogP contribution in [0.1, 0.15) is 42.3 Å². The Labute approximate surface area is 162 Å².